The highest BCUT2D eigenvalue weighted by Gasteiger charge is 2.07. The molecular weight excluding hydrogens is 364 g/mol. The Morgan fingerprint density at radius 1 is 0.567 bits per heavy atom. The van der Waals surface area contributed by atoms with Crippen molar-refractivity contribution in [2.24, 2.45) is 0 Å². The molecule has 0 aliphatic heterocycles. The molecule has 144 valence electrons. The average molecular weight is 386 g/mol. The maximum Gasteiger partial charge on any atom is 0.159 e. The number of rotatable bonds is 4. The third-order valence-corrected chi connectivity index (χ3v) is 5.41. The van der Waals surface area contributed by atoms with Gasteiger partial charge in [0.25, 0.3) is 0 Å². The molecule has 0 radical (unpaired) electrons. The molecule has 5 rings (SSSR count). The highest BCUT2D eigenvalue weighted by Crippen LogP contribution is 2.27. The van der Waals surface area contributed by atoms with Crippen LogP contribution in [0.25, 0.3) is 39.3 Å². The second kappa shape index (κ2) is 8.30. The highest BCUT2D eigenvalue weighted by molar-refractivity contribution is 5.76. The molecule has 2 heteroatoms. The zero-order valence-electron chi connectivity index (χ0n) is 16.7. The van der Waals surface area contributed by atoms with Gasteiger partial charge in [0, 0.05) is 17.3 Å². The predicted molar refractivity (Wildman–Crippen MR) is 125 cm³/mol. The lowest BCUT2D eigenvalue weighted by Crippen LogP contribution is -1.92. The van der Waals surface area contributed by atoms with E-state index in [2.05, 4.69) is 96.0 Å². The fourth-order valence-corrected chi connectivity index (χ4v) is 3.76. The summed E-state index contributed by atoms with van der Waals surface area (Å²) in [6.45, 7) is 0. The van der Waals surface area contributed by atoms with Gasteiger partial charge in [-0.2, -0.15) is 0 Å². The van der Waals surface area contributed by atoms with Crippen molar-refractivity contribution >= 4 is 5.57 Å². The maximum absolute atomic E-state index is 4.82. The second-order valence-electron chi connectivity index (χ2n) is 7.43. The van der Waals surface area contributed by atoms with E-state index in [4.69, 9.17) is 4.98 Å². The quantitative estimate of drug-likeness (QED) is 0.370. The first kappa shape index (κ1) is 18.3. The summed E-state index contributed by atoms with van der Waals surface area (Å²) < 4.78 is 0. The zero-order valence-corrected chi connectivity index (χ0v) is 16.7. The fraction of sp³-hybridized carbons (Fsp3) is 0.0714. The number of allylic oxidation sites excluding steroid dienone is 4. The van der Waals surface area contributed by atoms with Crippen LogP contribution in [-0.4, -0.2) is 9.97 Å². The molecule has 4 aromatic rings. The molecule has 0 fully saturated rings. The molecule has 3 aromatic carbocycles. The van der Waals surface area contributed by atoms with Gasteiger partial charge in [-0.25, -0.2) is 9.97 Å². The van der Waals surface area contributed by atoms with Gasteiger partial charge in [0.15, 0.2) is 5.82 Å². The van der Waals surface area contributed by atoms with Gasteiger partial charge < -0.3 is 0 Å². The normalized spacial score (nSPS) is 13.1. The van der Waals surface area contributed by atoms with Gasteiger partial charge in [-0.05, 0) is 41.2 Å². The molecule has 0 saturated carbocycles. The van der Waals surface area contributed by atoms with Crippen LogP contribution in [0.15, 0.2) is 109 Å². The number of hydrogen-bond donors (Lipinski definition) is 0. The van der Waals surface area contributed by atoms with E-state index >= 15 is 0 Å². The van der Waals surface area contributed by atoms with E-state index in [1.165, 1.54) is 22.3 Å². The summed E-state index contributed by atoms with van der Waals surface area (Å²) in [5.74, 6) is 0.749. The van der Waals surface area contributed by atoms with Crippen LogP contribution in [0.1, 0.15) is 18.4 Å². The molecule has 0 bridgehead atoms. The van der Waals surface area contributed by atoms with Crippen molar-refractivity contribution in [1.82, 2.24) is 9.97 Å². The van der Waals surface area contributed by atoms with Crippen LogP contribution < -0.4 is 0 Å². The predicted octanol–water partition coefficient (Wildman–Crippen LogP) is 7.21. The van der Waals surface area contributed by atoms with E-state index in [0.717, 1.165) is 35.5 Å². The average Bonchev–Trinajstić information content (AvgIpc) is 2.85. The SMILES string of the molecule is C1=CC(c2ccc(-c3nccc(-c4ccc(-c5ccccc5)cc4)n3)cc2)=CCC1. The summed E-state index contributed by atoms with van der Waals surface area (Å²) in [6, 6.07) is 29.4. The molecule has 0 unspecified atom stereocenters. The van der Waals surface area contributed by atoms with Crippen molar-refractivity contribution < 1.29 is 0 Å². The van der Waals surface area contributed by atoms with Crippen molar-refractivity contribution in [1.29, 1.82) is 0 Å². The van der Waals surface area contributed by atoms with Gasteiger partial charge in [0.2, 0.25) is 0 Å². The molecule has 1 aliphatic rings. The molecular formula is C28H22N2. The van der Waals surface area contributed by atoms with Crippen LogP contribution in [0.5, 0.6) is 0 Å². The highest BCUT2D eigenvalue weighted by atomic mass is 14.9. The Morgan fingerprint density at radius 2 is 1.23 bits per heavy atom. The summed E-state index contributed by atoms with van der Waals surface area (Å²) in [5, 5.41) is 0. The molecule has 1 heterocycles. The van der Waals surface area contributed by atoms with Gasteiger partial charge in [0.1, 0.15) is 0 Å². The third kappa shape index (κ3) is 3.85. The van der Waals surface area contributed by atoms with Crippen molar-refractivity contribution in [3.05, 3.63) is 115 Å². The monoisotopic (exact) mass is 386 g/mol. The van der Waals surface area contributed by atoms with E-state index in [9.17, 15) is 0 Å². The molecule has 0 atom stereocenters. The van der Waals surface area contributed by atoms with Crippen LogP contribution in [0, 0.1) is 0 Å². The minimum absolute atomic E-state index is 0.749. The minimum atomic E-state index is 0.749. The summed E-state index contributed by atoms with van der Waals surface area (Å²) in [4.78, 5) is 9.32. The van der Waals surface area contributed by atoms with Crippen molar-refractivity contribution in [2.45, 2.75) is 12.8 Å². The molecule has 1 aromatic heterocycles. The van der Waals surface area contributed by atoms with Gasteiger partial charge in [0.05, 0.1) is 5.69 Å². The number of hydrogen-bond acceptors (Lipinski definition) is 2. The zero-order chi connectivity index (χ0) is 20.2. The van der Waals surface area contributed by atoms with Crippen LogP contribution in [0.4, 0.5) is 0 Å². The Morgan fingerprint density at radius 3 is 1.97 bits per heavy atom. The Labute approximate surface area is 177 Å². The summed E-state index contributed by atoms with van der Waals surface area (Å²) in [7, 11) is 0. The minimum Gasteiger partial charge on any atom is -0.237 e. The summed E-state index contributed by atoms with van der Waals surface area (Å²) >= 11 is 0. The Kier molecular flexibility index (Phi) is 5.05. The fourth-order valence-electron chi connectivity index (χ4n) is 3.76. The van der Waals surface area contributed by atoms with E-state index in [1.807, 2.05) is 18.3 Å². The van der Waals surface area contributed by atoms with Crippen molar-refractivity contribution in [3.8, 4) is 33.8 Å². The van der Waals surface area contributed by atoms with Crippen molar-refractivity contribution in [2.75, 3.05) is 0 Å². The molecule has 0 spiro atoms. The van der Waals surface area contributed by atoms with Crippen LogP contribution in [0.3, 0.4) is 0 Å². The van der Waals surface area contributed by atoms with E-state index in [0.29, 0.717) is 0 Å². The first-order valence-electron chi connectivity index (χ1n) is 10.3. The summed E-state index contributed by atoms with van der Waals surface area (Å²) in [6.07, 6.45) is 10.8. The van der Waals surface area contributed by atoms with E-state index < -0.39 is 0 Å². The topological polar surface area (TPSA) is 25.8 Å². The van der Waals surface area contributed by atoms with Gasteiger partial charge in [-0.15, -0.1) is 0 Å². The standard InChI is InChI=1S/C28H22N2/c1-3-7-21(8-4-1)23-11-15-25(16-12-23)27-19-20-29-28(30-27)26-17-13-24(14-18-26)22-9-5-2-6-10-22/h1,3-5,7-20H,2,6H2. The van der Waals surface area contributed by atoms with E-state index in [-0.39, 0.29) is 0 Å². The Bertz CT molecular complexity index is 1200. The van der Waals surface area contributed by atoms with Crippen LogP contribution >= 0.6 is 0 Å². The molecule has 0 saturated heterocycles. The first-order chi connectivity index (χ1) is 14.9. The third-order valence-electron chi connectivity index (χ3n) is 5.41. The van der Waals surface area contributed by atoms with Gasteiger partial charge in [-0.3, -0.25) is 0 Å². The van der Waals surface area contributed by atoms with Crippen LogP contribution in [-0.2, 0) is 0 Å². The Balaban J connectivity index is 1.40. The molecule has 1 aliphatic carbocycles. The number of benzene rings is 3. The lowest BCUT2D eigenvalue weighted by molar-refractivity contribution is 1.04. The lowest BCUT2D eigenvalue weighted by atomic mass is 9.98. The van der Waals surface area contributed by atoms with Gasteiger partial charge >= 0.3 is 0 Å². The first-order valence-corrected chi connectivity index (χ1v) is 10.3. The second-order valence-corrected chi connectivity index (χ2v) is 7.43. The molecule has 0 amide bonds. The number of nitrogens with zero attached hydrogens (tertiary/aromatic N) is 2. The lowest BCUT2D eigenvalue weighted by Gasteiger charge is -2.09. The van der Waals surface area contributed by atoms with E-state index in [1.54, 1.807) is 0 Å². The van der Waals surface area contributed by atoms with Crippen molar-refractivity contribution in [3.63, 3.8) is 0 Å². The smallest absolute Gasteiger partial charge is 0.159 e. The molecule has 0 N–H and O–H groups in total. The molecule has 2 nitrogen and oxygen atoms in total. The molecule has 30 heavy (non-hydrogen) atoms. The van der Waals surface area contributed by atoms with Crippen LogP contribution in [0.2, 0.25) is 0 Å². The van der Waals surface area contributed by atoms with Gasteiger partial charge in [-0.1, -0.05) is 97.1 Å². The summed E-state index contributed by atoms with van der Waals surface area (Å²) in [5.41, 5.74) is 8.00. The Hall–Kier alpha value is -3.78. The maximum atomic E-state index is 4.82. The largest absolute Gasteiger partial charge is 0.237 e. The number of aromatic nitrogens is 2.